The van der Waals surface area contributed by atoms with Crippen molar-refractivity contribution in [3.05, 3.63) is 170 Å². The predicted molar refractivity (Wildman–Crippen MR) is 189 cm³/mol. The molecule has 0 heterocycles. The number of hydrogen-bond acceptors (Lipinski definition) is 0. The summed E-state index contributed by atoms with van der Waals surface area (Å²) in [6.45, 7) is 0. The van der Waals surface area contributed by atoms with Crippen molar-refractivity contribution in [3.63, 3.8) is 0 Å². The maximum atomic E-state index is 2.30. The number of hydrogen-bond donors (Lipinski definition) is 0. The lowest BCUT2D eigenvalue weighted by molar-refractivity contribution is 1.58. The van der Waals surface area contributed by atoms with E-state index in [1.165, 1.54) is 87.6 Å². The molecular weight excluding hydrogens is 528 g/mol. The first-order valence-electron chi connectivity index (χ1n) is 15.3. The predicted octanol–water partition coefficient (Wildman–Crippen LogP) is 12.4. The molecule has 0 spiro atoms. The molecule has 0 saturated heterocycles. The lowest BCUT2D eigenvalue weighted by Crippen LogP contribution is -1.87. The van der Waals surface area contributed by atoms with Gasteiger partial charge in [0.25, 0.3) is 0 Å². The molecule has 0 radical (unpaired) electrons. The first-order valence-corrected chi connectivity index (χ1v) is 15.3. The molecule has 0 bridgehead atoms. The molecule has 204 valence electrons. The maximum Gasteiger partial charge on any atom is -0.00206 e. The molecule has 0 heteroatoms. The molecular formula is C44H28. The normalized spacial score (nSPS) is 11.6. The standard InChI is InChI=1S/C44H28/c1-2-12-39-31(6-1)7-5-13-40(39)32-18-14-29(15-19-32)37-10-4-11-38(28-37)30-16-20-33(21-17-30)41-26-24-36-23-22-34-8-3-9-35-25-27-42(41)44(36)43(34)35/h1-28H. The van der Waals surface area contributed by atoms with Crippen LogP contribution in [-0.4, -0.2) is 0 Å². The molecule has 0 N–H and O–H groups in total. The first kappa shape index (κ1) is 24.8. The van der Waals surface area contributed by atoms with Gasteiger partial charge in [0.2, 0.25) is 0 Å². The Balaban J connectivity index is 1.05. The summed E-state index contributed by atoms with van der Waals surface area (Å²) in [6, 6.07) is 62.2. The highest BCUT2D eigenvalue weighted by Gasteiger charge is 2.12. The largest absolute Gasteiger partial charge is 0.0616 e. The Kier molecular flexibility index (Phi) is 5.61. The van der Waals surface area contributed by atoms with Gasteiger partial charge in [-0.15, -0.1) is 0 Å². The summed E-state index contributed by atoms with van der Waals surface area (Å²) in [5.41, 5.74) is 9.93. The molecule has 0 aliphatic rings. The summed E-state index contributed by atoms with van der Waals surface area (Å²) in [7, 11) is 0. The topological polar surface area (TPSA) is 0 Å². The van der Waals surface area contributed by atoms with E-state index in [1.807, 2.05) is 0 Å². The number of benzene rings is 9. The maximum absolute atomic E-state index is 2.30. The summed E-state index contributed by atoms with van der Waals surface area (Å²) in [6.07, 6.45) is 0. The highest BCUT2D eigenvalue weighted by atomic mass is 14.2. The van der Waals surface area contributed by atoms with E-state index in [-0.39, 0.29) is 0 Å². The molecule has 0 unspecified atom stereocenters. The van der Waals surface area contributed by atoms with Gasteiger partial charge in [-0.05, 0) is 93.7 Å². The molecule has 0 nitrogen and oxygen atoms in total. The molecule has 0 aromatic heterocycles. The second-order valence-corrected chi connectivity index (χ2v) is 11.7. The second-order valence-electron chi connectivity index (χ2n) is 11.7. The zero-order valence-electron chi connectivity index (χ0n) is 24.2. The molecule has 9 aromatic carbocycles. The smallest absolute Gasteiger partial charge is 0.00206 e. The molecule has 0 aliphatic carbocycles. The van der Waals surface area contributed by atoms with Gasteiger partial charge in [0, 0.05) is 0 Å². The Hall–Kier alpha value is -5.72. The lowest BCUT2D eigenvalue weighted by atomic mass is 9.89. The van der Waals surface area contributed by atoms with E-state index in [2.05, 4.69) is 170 Å². The minimum atomic E-state index is 1.22. The van der Waals surface area contributed by atoms with Crippen molar-refractivity contribution in [2.45, 2.75) is 0 Å². The molecule has 9 rings (SSSR count). The van der Waals surface area contributed by atoms with Crippen LogP contribution in [0, 0.1) is 0 Å². The van der Waals surface area contributed by atoms with Gasteiger partial charge in [-0.3, -0.25) is 0 Å². The van der Waals surface area contributed by atoms with Crippen molar-refractivity contribution in [3.8, 4) is 44.5 Å². The Bertz CT molecular complexity index is 2440. The molecule has 0 saturated carbocycles. The second kappa shape index (κ2) is 9.93. The first-order chi connectivity index (χ1) is 21.8. The van der Waals surface area contributed by atoms with E-state index in [1.54, 1.807) is 0 Å². The molecule has 0 fully saturated rings. The zero-order chi connectivity index (χ0) is 29.0. The van der Waals surface area contributed by atoms with Crippen LogP contribution in [0.5, 0.6) is 0 Å². The minimum absolute atomic E-state index is 1.22. The van der Waals surface area contributed by atoms with Crippen LogP contribution >= 0.6 is 0 Å². The summed E-state index contributed by atoms with van der Waals surface area (Å²) in [5, 5.41) is 10.5. The average molecular weight is 557 g/mol. The van der Waals surface area contributed by atoms with Crippen LogP contribution in [-0.2, 0) is 0 Å². The fourth-order valence-corrected chi connectivity index (χ4v) is 7.03. The fourth-order valence-electron chi connectivity index (χ4n) is 7.03. The van der Waals surface area contributed by atoms with E-state index in [0.717, 1.165) is 0 Å². The Morgan fingerprint density at radius 1 is 0.227 bits per heavy atom. The fraction of sp³-hybridized carbons (Fsp3) is 0. The third kappa shape index (κ3) is 4.00. The third-order valence-electron chi connectivity index (χ3n) is 9.24. The summed E-state index contributed by atoms with van der Waals surface area (Å²) in [5.74, 6) is 0. The van der Waals surface area contributed by atoms with Crippen molar-refractivity contribution < 1.29 is 0 Å². The lowest BCUT2D eigenvalue weighted by Gasteiger charge is -2.14. The van der Waals surface area contributed by atoms with Gasteiger partial charge in [0.15, 0.2) is 0 Å². The molecule has 0 aliphatic heterocycles. The van der Waals surface area contributed by atoms with Crippen LogP contribution in [0.4, 0.5) is 0 Å². The molecule has 9 aromatic rings. The Morgan fingerprint density at radius 2 is 0.705 bits per heavy atom. The van der Waals surface area contributed by atoms with Gasteiger partial charge in [-0.25, -0.2) is 0 Å². The minimum Gasteiger partial charge on any atom is -0.0616 e. The summed E-state index contributed by atoms with van der Waals surface area (Å²) >= 11 is 0. The van der Waals surface area contributed by atoms with E-state index < -0.39 is 0 Å². The SMILES string of the molecule is c1cc(-c2ccc(-c3cccc4ccccc34)cc2)cc(-c2ccc(-c3ccc4ccc5cccc6ccc3c4c56)cc2)c1. The number of fused-ring (bicyclic) bond motifs is 1. The van der Waals surface area contributed by atoms with Gasteiger partial charge in [0.05, 0.1) is 0 Å². The summed E-state index contributed by atoms with van der Waals surface area (Å²) in [4.78, 5) is 0. The van der Waals surface area contributed by atoms with Crippen LogP contribution in [0.3, 0.4) is 0 Å². The molecule has 0 atom stereocenters. The highest BCUT2D eigenvalue weighted by molar-refractivity contribution is 6.25. The van der Waals surface area contributed by atoms with Gasteiger partial charge in [-0.1, -0.05) is 164 Å². The third-order valence-corrected chi connectivity index (χ3v) is 9.24. The van der Waals surface area contributed by atoms with E-state index in [0.29, 0.717) is 0 Å². The summed E-state index contributed by atoms with van der Waals surface area (Å²) < 4.78 is 0. The Morgan fingerprint density at radius 3 is 1.41 bits per heavy atom. The average Bonchev–Trinajstić information content (AvgIpc) is 3.10. The van der Waals surface area contributed by atoms with Crippen molar-refractivity contribution in [1.82, 2.24) is 0 Å². The van der Waals surface area contributed by atoms with Crippen LogP contribution in [0.1, 0.15) is 0 Å². The van der Waals surface area contributed by atoms with Gasteiger partial charge in [-0.2, -0.15) is 0 Å². The van der Waals surface area contributed by atoms with E-state index in [9.17, 15) is 0 Å². The monoisotopic (exact) mass is 556 g/mol. The van der Waals surface area contributed by atoms with Crippen molar-refractivity contribution in [1.29, 1.82) is 0 Å². The van der Waals surface area contributed by atoms with Crippen LogP contribution in [0.15, 0.2) is 170 Å². The van der Waals surface area contributed by atoms with Crippen LogP contribution in [0.2, 0.25) is 0 Å². The van der Waals surface area contributed by atoms with Crippen LogP contribution in [0.25, 0.3) is 87.6 Å². The van der Waals surface area contributed by atoms with E-state index in [4.69, 9.17) is 0 Å². The van der Waals surface area contributed by atoms with Gasteiger partial charge >= 0.3 is 0 Å². The van der Waals surface area contributed by atoms with Crippen LogP contribution < -0.4 is 0 Å². The van der Waals surface area contributed by atoms with Gasteiger partial charge in [0.1, 0.15) is 0 Å². The Labute approximate surface area is 256 Å². The van der Waals surface area contributed by atoms with Crippen molar-refractivity contribution >= 4 is 43.1 Å². The molecule has 0 amide bonds. The van der Waals surface area contributed by atoms with E-state index >= 15 is 0 Å². The van der Waals surface area contributed by atoms with Crippen molar-refractivity contribution in [2.75, 3.05) is 0 Å². The quantitative estimate of drug-likeness (QED) is 0.189. The number of rotatable bonds is 4. The molecule has 44 heavy (non-hydrogen) atoms. The van der Waals surface area contributed by atoms with Gasteiger partial charge < -0.3 is 0 Å². The highest BCUT2D eigenvalue weighted by Crippen LogP contribution is 2.40. The van der Waals surface area contributed by atoms with Crippen molar-refractivity contribution in [2.24, 2.45) is 0 Å². The zero-order valence-corrected chi connectivity index (χ0v) is 24.2.